The molecule has 0 N–H and O–H groups in total. The lowest BCUT2D eigenvalue weighted by Crippen LogP contribution is -2.26. The van der Waals surface area contributed by atoms with Gasteiger partial charge in [-0.2, -0.15) is 5.10 Å². The molecule has 0 atom stereocenters. The Bertz CT molecular complexity index is 935. The average molecular weight is 384 g/mol. The second kappa shape index (κ2) is 8.27. The molecule has 0 bridgehead atoms. The summed E-state index contributed by atoms with van der Waals surface area (Å²) in [6.07, 6.45) is 1.86. The van der Waals surface area contributed by atoms with Gasteiger partial charge in [0, 0.05) is 25.9 Å². The van der Waals surface area contributed by atoms with Gasteiger partial charge in [0.2, 0.25) is 0 Å². The number of rotatable bonds is 6. The van der Waals surface area contributed by atoms with Crippen molar-refractivity contribution < 1.29 is 9.53 Å². The molecule has 0 aliphatic rings. The van der Waals surface area contributed by atoms with Crippen LogP contribution in [0.3, 0.4) is 0 Å². The van der Waals surface area contributed by atoms with Gasteiger partial charge in [-0.15, -0.1) is 0 Å². The third-order valence-corrected chi connectivity index (χ3v) is 4.51. The van der Waals surface area contributed by atoms with Crippen molar-refractivity contribution in [2.75, 3.05) is 7.05 Å². The number of carbonyl (C=O) groups excluding carboxylic acids is 1. The van der Waals surface area contributed by atoms with Gasteiger partial charge in [0.15, 0.2) is 0 Å². The van der Waals surface area contributed by atoms with Gasteiger partial charge < -0.3 is 9.64 Å². The van der Waals surface area contributed by atoms with Crippen LogP contribution in [0.25, 0.3) is 0 Å². The lowest BCUT2D eigenvalue weighted by molar-refractivity contribution is 0.0783. The first kappa shape index (κ1) is 19.0. The summed E-state index contributed by atoms with van der Waals surface area (Å²) in [6.45, 7) is 2.85. The van der Waals surface area contributed by atoms with E-state index >= 15 is 0 Å². The Morgan fingerprint density at radius 1 is 1.19 bits per heavy atom. The average Bonchev–Trinajstić information content (AvgIpc) is 3.07. The van der Waals surface area contributed by atoms with Crippen molar-refractivity contribution in [1.29, 1.82) is 0 Å². The van der Waals surface area contributed by atoms with E-state index in [1.165, 1.54) is 0 Å². The van der Waals surface area contributed by atoms with Gasteiger partial charge in [0.05, 0.1) is 17.3 Å². The third-order valence-electron chi connectivity index (χ3n) is 4.20. The van der Waals surface area contributed by atoms with Gasteiger partial charge in [-0.05, 0) is 48.4 Å². The summed E-state index contributed by atoms with van der Waals surface area (Å²) in [5.41, 5.74) is 3.54. The van der Waals surface area contributed by atoms with E-state index in [9.17, 15) is 4.79 Å². The Kier molecular flexibility index (Phi) is 5.81. The third kappa shape index (κ3) is 4.89. The van der Waals surface area contributed by atoms with E-state index in [1.54, 1.807) is 16.6 Å². The van der Waals surface area contributed by atoms with Crippen LogP contribution in [0.1, 0.15) is 27.2 Å². The van der Waals surface area contributed by atoms with Crippen molar-refractivity contribution in [3.05, 3.63) is 82.1 Å². The highest BCUT2D eigenvalue weighted by atomic mass is 35.5. The number of hydrogen-bond donors (Lipinski definition) is 0. The Morgan fingerprint density at radius 3 is 2.59 bits per heavy atom. The number of benzene rings is 2. The molecule has 140 valence electrons. The fraction of sp³-hybridized carbons (Fsp3) is 0.238. The van der Waals surface area contributed by atoms with Gasteiger partial charge in [-0.1, -0.05) is 29.8 Å². The van der Waals surface area contributed by atoms with Crippen molar-refractivity contribution in [1.82, 2.24) is 14.7 Å². The van der Waals surface area contributed by atoms with E-state index in [0.29, 0.717) is 29.5 Å². The van der Waals surface area contributed by atoms with E-state index in [1.807, 2.05) is 68.7 Å². The van der Waals surface area contributed by atoms with Crippen molar-refractivity contribution in [3.8, 4) is 5.75 Å². The van der Waals surface area contributed by atoms with Crippen LogP contribution in [0.5, 0.6) is 5.75 Å². The number of amides is 1. The van der Waals surface area contributed by atoms with Crippen LogP contribution in [-0.2, 0) is 20.2 Å². The summed E-state index contributed by atoms with van der Waals surface area (Å²) in [6, 6.07) is 15.0. The fourth-order valence-corrected chi connectivity index (χ4v) is 2.88. The molecule has 0 aliphatic carbocycles. The molecule has 2 aromatic carbocycles. The summed E-state index contributed by atoms with van der Waals surface area (Å²) in [4.78, 5) is 14.2. The van der Waals surface area contributed by atoms with Crippen LogP contribution < -0.4 is 4.74 Å². The molecule has 0 unspecified atom stereocenters. The van der Waals surface area contributed by atoms with E-state index < -0.39 is 0 Å². The van der Waals surface area contributed by atoms with Crippen LogP contribution in [0.15, 0.2) is 54.7 Å². The minimum Gasteiger partial charge on any atom is -0.487 e. The SMILES string of the molecule is Cc1ccc(Cl)c(OCc2ccc(C(=O)N(C)Cc3ccn(C)n3)cc2)c1. The maximum Gasteiger partial charge on any atom is 0.253 e. The zero-order valence-electron chi connectivity index (χ0n) is 15.6. The first-order valence-corrected chi connectivity index (χ1v) is 9.02. The predicted octanol–water partition coefficient (Wildman–Crippen LogP) is 4.23. The van der Waals surface area contributed by atoms with Crippen molar-refractivity contribution in [3.63, 3.8) is 0 Å². The standard InChI is InChI=1S/C21H22ClN3O2/c1-15-4-9-19(22)20(12-15)27-14-16-5-7-17(8-6-16)21(26)24(2)13-18-10-11-25(3)23-18/h4-12H,13-14H2,1-3H3. The quantitative estimate of drug-likeness (QED) is 0.639. The van der Waals surface area contributed by atoms with E-state index in [4.69, 9.17) is 16.3 Å². The molecule has 0 aliphatic heterocycles. The topological polar surface area (TPSA) is 47.4 Å². The predicted molar refractivity (Wildman–Crippen MR) is 106 cm³/mol. The number of nitrogens with zero attached hydrogens (tertiary/aromatic N) is 3. The molecule has 5 nitrogen and oxygen atoms in total. The largest absolute Gasteiger partial charge is 0.487 e. The van der Waals surface area contributed by atoms with Gasteiger partial charge >= 0.3 is 0 Å². The zero-order chi connectivity index (χ0) is 19.4. The van der Waals surface area contributed by atoms with Gasteiger partial charge in [-0.25, -0.2) is 0 Å². The minimum atomic E-state index is -0.0464. The highest BCUT2D eigenvalue weighted by Crippen LogP contribution is 2.26. The molecule has 3 aromatic rings. The van der Waals surface area contributed by atoms with Crippen LogP contribution >= 0.6 is 11.6 Å². The molecule has 1 aromatic heterocycles. The van der Waals surface area contributed by atoms with Crippen LogP contribution in [0.4, 0.5) is 0 Å². The van der Waals surface area contributed by atoms with E-state index in [-0.39, 0.29) is 5.91 Å². The molecule has 0 radical (unpaired) electrons. The summed E-state index contributed by atoms with van der Waals surface area (Å²) in [7, 11) is 3.63. The molecule has 3 rings (SSSR count). The summed E-state index contributed by atoms with van der Waals surface area (Å²) >= 11 is 6.15. The maximum atomic E-state index is 12.6. The number of hydrogen-bond acceptors (Lipinski definition) is 3. The van der Waals surface area contributed by atoms with Crippen LogP contribution in [0.2, 0.25) is 5.02 Å². The highest BCUT2D eigenvalue weighted by Gasteiger charge is 2.13. The highest BCUT2D eigenvalue weighted by molar-refractivity contribution is 6.32. The Balaban J connectivity index is 1.60. The molecular formula is C21H22ClN3O2. The Morgan fingerprint density at radius 2 is 1.93 bits per heavy atom. The van der Waals surface area contributed by atoms with E-state index in [2.05, 4.69) is 5.10 Å². The Labute approximate surface area is 164 Å². The number of aromatic nitrogens is 2. The molecule has 0 fully saturated rings. The first-order chi connectivity index (χ1) is 12.9. The maximum absolute atomic E-state index is 12.6. The second-order valence-corrected chi connectivity index (χ2v) is 6.97. The van der Waals surface area contributed by atoms with Gasteiger partial charge in [0.1, 0.15) is 12.4 Å². The molecule has 1 amide bonds. The molecule has 0 saturated heterocycles. The van der Waals surface area contributed by atoms with Crippen LogP contribution in [0, 0.1) is 6.92 Å². The van der Waals surface area contributed by atoms with Gasteiger partial charge in [0.25, 0.3) is 5.91 Å². The second-order valence-electron chi connectivity index (χ2n) is 6.56. The molecule has 27 heavy (non-hydrogen) atoms. The van der Waals surface area contributed by atoms with E-state index in [0.717, 1.165) is 16.8 Å². The minimum absolute atomic E-state index is 0.0464. The van der Waals surface area contributed by atoms with Crippen molar-refractivity contribution in [2.45, 2.75) is 20.1 Å². The van der Waals surface area contributed by atoms with Crippen LogP contribution in [-0.4, -0.2) is 27.6 Å². The number of ether oxygens (including phenoxy) is 1. The zero-order valence-corrected chi connectivity index (χ0v) is 16.4. The number of carbonyl (C=O) groups is 1. The smallest absolute Gasteiger partial charge is 0.253 e. The summed E-state index contributed by atoms with van der Waals surface area (Å²) in [5.74, 6) is 0.613. The van der Waals surface area contributed by atoms with Crippen molar-refractivity contribution in [2.24, 2.45) is 7.05 Å². The summed E-state index contributed by atoms with van der Waals surface area (Å²) < 4.78 is 7.52. The Hall–Kier alpha value is -2.79. The monoisotopic (exact) mass is 383 g/mol. The fourth-order valence-electron chi connectivity index (χ4n) is 2.71. The first-order valence-electron chi connectivity index (χ1n) is 8.64. The summed E-state index contributed by atoms with van der Waals surface area (Å²) in [5, 5.41) is 4.89. The molecule has 0 saturated carbocycles. The normalized spacial score (nSPS) is 10.7. The van der Waals surface area contributed by atoms with Gasteiger partial charge in [-0.3, -0.25) is 9.48 Å². The molecule has 0 spiro atoms. The lowest BCUT2D eigenvalue weighted by atomic mass is 10.1. The lowest BCUT2D eigenvalue weighted by Gasteiger charge is -2.16. The number of aryl methyl sites for hydroxylation is 2. The molecule has 6 heteroatoms. The van der Waals surface area contributed by atoms with Crippen molar-refractivity contribution >= 4 is 17.5 Å². The molecular weight excluding hydrogens is 362 g/mol. The number of halogens is 1. The molecule has 1 heterocycles.